The molecule has 49 heavy (non-hydrogen) atoms. The van der Waals surface area contributed by atoms with Crippen LogP contribution in [0, 0.1) is 30.7 Å². The largest absolute Gasteiger partial charge is 0.512 e. The summed E-state index contributed by atoms with van der Waals surface area (Å²) in [6.45, 7) is 23.8. The van der Waals surface area contributed by atoms with Gasteiger partial charge in [-0.05, 0) is 91.4 Å². The number of aliphatic hydroxyl groups excluding tert-OH is 1. The van der Waals surface area contributed by atoms with Gasteiger partial charge in [0, 0.05) is 50.5 Å². The van der Waals surface area contributed by atoms with E-state index in [1.807, 2.05) is 41.5 Å². The molecule has 1 N–H and O–H groups in total. The van der Waals surface area contributed by atoms with Crippen molar-refractivity contribution < 1.29 is 30.0 Å². The van der Waals surface area contributed by atoms with E-state index in [4.69, 9.17) is 9.97 Å². The maximum absolute atomic E-state index is 12.2. The van der Waals surface area contributed by atoms with Gasteiger partial charge in [-0.1, -0.05) is 92.2 Å². The Balaban J connectivity index is 0.000000312. The molecule has 1 saturated carbocycles. The second kappa shape index (κ2) is 16.6. The van der Waals surface area contributed by atoms with Crippen molar-refractivity contribution in [2.45, 2.75) is 132 Å². The molecule has 0 atom stereocenters. The first-order valence-corrected chi connectivity index (χ1v) is 21.8. The second-order valence-electron chi connectivity index (χ2n) is 15.7. The average molecular weight is 856 g/mol. The Kier molecular flexibility index (Phi) is 13.8. The fourth-order valence-electron chi connectivity index (χ4n) is 7.18. The van der Waals surface area contributed by atoms with E-state index in [9.17, 15) is 9.90 Å². The average Bonchev–Trinajstić information content (AvgIpc) is 3.61. The normalized spacial score (nSPS) is 14.5. The van der Waals surface area contributed by atoms with Crippen molar-refractivity contribution in [2.24, 2.45) is 10.8 Å². The van der Waals surface area contributed by atoms with Crippen LogP contribution >= 0.6 is 0 Å². The van der Waals surface area contributed by atoms with E-state index in [0.717, 1.165) is 47.8 Å². The third-order valence-corrected chi connectivity index (χ3v) is 13.8. The Morgan fingerprint density at radius 3 is 2.08 bits per heavy atom. The molecule has 1 aliphatic rings. The number of aliphatic hydroxyl groups is 1. The first-order valence-electron chi connectivity index (χ1n) is 18.3. The van der Waals surface area contributed by atoms with Gasteiger partial charge in [0.2, 0.25) is 0 Å². The molecule has 0 amide bonds. The minimum absolute atomic E-state index is 0. The molecule has 6 heteroatoms. The molecule has 1 heterocycles. The standard InChI is InChI=1S/C28H31N2Si.C15H28O2.Ir/c1-18-16-22-12-15-24-27(21-10-13-23(14-11-21)31(3,4)5)29-17-30-28(24)26(22)19(2)25(18)20-8-6-7-9-20;1-7-14(5,8-2)12(16)11-13(17)15(6,9-3)10-4;/h10,12-17,20H,6-9H2,1-5H3;11,16H,7-10H2,1-6H3;/q-1;;/b;12-11-;. The molecule has 267 valence electrons. The van der Waals surface area contributed by atoms with Gasteiger partial charge in [0.1, 0.15) is 12.1 Å². The Hall–Kier alpha value is -2.66. The number of fused-ring (bicyclic) bond motifs is 3. The number of ketones is 1. The topological polar surface area (TPSA) is 63.1 Å². The van der Waals surface area contributed by atoms with Crippen molar-refractivity contribution in [3.8, 4) is 11.3 Å². The molecule has 4 nitrogen and oxygen atoms in total. The number of hydrogen-bond acceptors (Lipinski definition) is 4. The number of benzene rings is 3. The van der Waals surface area contributed by atoms with Gasteiger partial charge in [0.05, 0.1) is 5.52 Å². The number of carbonyl (C=O) groups is 1. The van der Waals surface area contributed by atoms with Crippen LogP contribution in [0.4, 0.5) is 0 Å². The number of aromatic nitrogens is 2. The second-order valence-corrected chi connectivity index (χ2v) is 20.7. The van der Waals surface area contributed by atoms with Crippen LogP contribution in [0.2, 0.25) is 19.6 Å². The molecule has 3 aromatic carbocycles. The molecule has 1 radical (unpaired) electrons. The van der Waals surface area contributed by atoms with Crippen LogP contribution in [0.1, 0.15) is 116 Å². The smallest absolute Gasteiger partial charge is 0.164 e. The number of nitrogens with zero attached hydrogens (tertiary/aromatic N) is 2. The van der Waals surface area contributed by atoms with Gasteiger partial charge in [0.15, 0.2) is 5.78 Å². The van der Waals surface area contributed by atoms with Gasteiger partial charge in [-0.25, -0.2) is 4.98 Å². The molecular weight excluding hydrogens is 797 g/mol. The Morgan fingerprint density at radius 1 is 0.939 bits per heavy atom. The van der Waals surface area contributed by atoms with Crippen molar-refractivity contribution in [1.29, 1.82) is 0 Å². The van der Waals surface area contributed by atoms with Crippen LogP contribution in [0.5, 0.6) is 0 Å². The van der Waals surface area contributed by atoms with Gasteiger partial charge in [-0.2, -0.15) is 0 Å². The van der Waals surface area contributed by atoms with Crippen LogP contribution in [-0.4, -0.2) is 28.9 Å². The van der Waals surface area contributed by atoms with Crippen LogP contribution in [0.15, 0.2) is 54.6 Å². The predicted octanol–water partition coefficient (Wildman–Crippen LogP) is 11.7. The van der Waals surface area contributed by atoms with Crippen LogP contribution in [0.25, 0.3) is 32.9 Å². The first kappa shape index (κ1) is 40.8. The number of rotatable bonds is 10. The maximum atomic E-state index is 12.2. The van der Waals surface area contributed by atoms with Gasteiger partial charge >= 0.3 is 0 Å². The summed E-state index contributed by atoms with van der Waals surface area (Å²) in [6, 6.07) is 17.0. The third-order valence-electron chi connectivity index (χ3n) is 11.7. The van der Waals surface area contributed by atoms with Crippen molar-refractivity contribution >= 4 is 40.7 Å². The molecule has 5 rings (SSSR count). The zero-order chi connectivity index (χ0) is 35.4. The fraction of sp³-hybridized carbons (Fsp3) is 0.512. The summed E-state index contributed by atoms with van der Waals surface area (Å²) in [5, 5.41) is 15.3. The molecule has 0 aliphatic heterocycles. The molecule has 1 aromatic heterocycles. The Labute approximate surface area is 311 Å². The summed E-state index contributed by atoms with van der Waals surface area (Å²) in [5.74, 6) is 0.983. The molecular formula is C43H59IrN2O2Si-. The summed E-state index contributed by atoms with van der Waals surface area (Å²) in [7, 11) is -1.34. The number of aryl methyl sites for hydroxylation is 2. The summed E-state index contributed by atoms with van der Waals surface area (Å²) >= 11 is 0. The molecule has 0 bridgehead atoms. The van der Waals surface area contributed by atoms with Crippen LogP contribution in [0.3, 0.4) is 0 Å². The number of hydrogen-bond donors (Lipinski definition) is 1. The summed E-state index contributed by atoms with van der Waals surface area (Å²) < 4.78 is 0. The van der Waals surface area contributed by atoms with E-state index in [0.29, 0.717) is 5.92 Å². The minimum Gasteiger partial charge on any atom is -0.512 e. The third kappa shape index (κ3) is 8.63. The van der Waals surface area contributed by atoms with Crippen molar-refractivity contribution in [2.75, 3.05) is 0 Å². The van der Waals surface area contributed by atoms with E-state index in [-0.39, 0.29) is 42.5 Å². The zero-order valence-electron chi connectivity index (χ0n) is 31.9. The van der Waals surface area contributed by atoms with Crippen LogP contribution in [-0.2, 0) is 24.9 Å². The predicted molar refractivity (Wildman–Crippen MR) is 208 cm³/mol. The van der Waals surface area contributed by atoms with E-state index in [2.05, 4.69) is 76.0 Å². The SMILES string of the molecule is CCC(C)(CC)C(=O)/C=C(\O)C(C)(CC)CC.Cc1cc2ccc3c(-c4[c-]cc([Si](C)(C)C)cc4)ncnc3c2c(C)c1C1CCCC1.[Ir]. The molecule has 0 unspecified atom stereocenters. The number of allylic oxidation sites excluding steroid dienone is 2. The van der Waals surface area contributed by atoms with Crippen molar-refractivity contribution in [3.05, 3.63) is 77.3 Å². The summed E-state index contributed by atoms with van der Waals surface area (Å²) in [5.41, 5.74) is 6.90. The fourth-order valence-corrected chi connectivity index (χ4v) is 8.27. The monoisotopic (exact) mass is 856 g/mol. The Bertz CT molecular complexity index is 1770. The van der Waals surface area contributed by atoms with E-state index < -0.39 is 8.07 Å². The quantitative estimate of drug-likeness (QED) is 0.0567. The molecule has 1 fully saturated rings. The zero-order valence-corrected chi connectivity index (χ0v) is 35.3. The van der Waals surface area contributed by atoms with Gasteiger partial charge in [-0.15, -0.1) is 35.0 Å². The summed E-state index contributed by atoms with van der Waals surface area (Å²) in [4.78, 5) is 21.7. The van der Waals surface area contributed by atoms with Gasteiger partial charge < -0.3 is 5.11 Å². The number of carbonyl (C=O) groups excluding carboxylic acids is 1. The summed E-state index contributed by atoms with van der Waals surface area (Å²) in [6.07, 6.45) is 11.8. The van der Waals surface area contributed by atoms with Crippen molar-refractivity contribution in [1.82, 2.24) is 9.97 Å². The van der Waals surface area contributed by atoms with E-state index in [1.54, 1.807) is 11.9 Å². The van der Waals surface area contributed by atoms with Gasteiger partial charge in [-0.3, -0.25) is 9.78 Å². The molecule has 1 aliphatic carbocycles. The van der Waals surface area contributed by atoms with E-state index in [1.165, 1.54) is 58.8 Å². The minimum atomic E-state index is -1.34. The van der Waals surface area contributed by atoms with Gasteiger partial charge in [0.25, 0.3) is 0 Å². The molecule has 0 spiro atoms. The molecule has 0 saturated heterocycles. The molecule has 4 aromatic rings. The van der Waals surface area contributed by atoms with Crippen molar-refractivity contribution in [3.63, 3.8) is 0 Å². The van der Waals surface area contributed by atoms with E-state index >= 15 is 0 Å². The Morgan fingerprint density at radius 2 is 1.55 bits per heavy atom. The maximum Gasteiger partial charge on any atom is 0.164 e. The first-order chi connectivity index (χ1) is 22.6. The van der Waals surface area contributed by atoms with Crippen LogP contribution < -0.4 is 5.19 Å².